The van der Waals surface area contributed by atoms with E-state index in [1.54, 1.807) is 0 Å². The number of hydrogen-bond donors (Lipinski definition) is 0. The van der Waals surface area contributed by atoms with Crippen LogP contribution in [0.3, 0.4) is 0 Å². The van der Waals surface area contributed by atoms with Gasteiger partial charge in [0.15, 0.2) is 5.60 Å². The fourth-order valence-corrected chi connectivity index (χ4v) is 8.31. The molecule has 0 N–H and O–H groups in total. The van der Waals surface area contributed by atoms with Gasteiger partial charge in [0.25, 0.3) is 0 Å². The predicted octanol–water partition coefficient (Wildman–Crippen LogP) is 10.4. The minimum absolute atomic E-state index is 0.297. The van der Waals surface area contributed by atoms with Gasteiger partial charge in [0.1, 0.15) is 0 Å². The van der Waals surface area contributed by atoms with Crippen LogP contribution >= 0.6 is 0 Å². The summed E-state index contributed by atoms with van der Waals surface area (Å²) in [6.07, 6.45) is 4.43. The molecule has 4 aromatic carbocycles. The second kappa shape index (κ2) is 13.1. The van der Waals surface area contributed by atoms with Crippen LogP contribution in [-0.4, -0.2) is 28.2 Å². The first-order valence-corrected chi connectivity index (χ1v) is 18.0. The highest BCUT2D eigenvalue weighted by atomic mass is 16.6. The van der Waals surface area contributed by atoms with Gasteiger partial charge in [-0.15, -0.1) is 0 Å². The monoisotopic (exact) mass is 649 g/mol. The molecule has 0 saturated carbocycles. The van der Waals surface area contributed by atoms with Crippen molar-refractivity contribution in [2.45, 2.75) is 73.1 Å². The molecule has 0 aliphatic carbocycles. The van der Waals surface area contributed by atoms with Crippen molar-refractivity contribution in [3.63, 3.8) is 0 Å². The maximum atomic E-state index is 13.8. The van der Waals surface area contributed by atoms with Gasteiger partial charge in [0.05, 0.1) is 5.56 Å². The third-order valence-corrected chi connectivity index (χ3v) is 10.4. The average Bonchev–Trinajstić information content (AvgIpc) is 3.70. The normalized spacial score (nSPS) is 15.5. The van der Waals surface area contributed by atoms with Gasteiger partial charge in [0.2, 0.25) is 0 Å². The Hall–Kier alpha value is -5.03. The number of fused-ring (bicyclic) bond motifs is 3. The van der Waals surface area contributed by atoms with Crippen LogP contribution in [0.25, 0.3) is 27.4 Å². The van der Waals surface area contributed by atoms with Gasteiger partial charge in [0, 0.05) is 87.3 Å². The summed E-state index contributed by atoms with van der Waals surface area (Å²) < 4.78 is 11.5. The summed E-state index contributed by atoms with van der Waals surface area (Å²) in [4.78, 5) is 16.3. The summed E-state index contributed by atoms with van der Waals surface area (Å²) >= 11 is 0. The Morgan fingerprint density at radius 3 is 1.73 bits per heavy atom. The van der Waals surface area contributed by atoms with E-state index < -0.39 is 5.60 Å². The lowest BCUT2D eigenvalue weighted by molar-refractivity contribution is 0.0276. The maximum absolute atomic E-state index is 13.8. The topological polar surface area (TPSA) is 39.4 Å². The SMILES string of the molecule is CCCN(CCC)c1ccc(C2(C=C(c3c(C)n(CC)c4ccccc34)c3c(C)n(CC)c4ccccc34)OC(=O)c3ccccc32)cc1. The molecule has 0 spiro atoms. The van der Waals surface area contributed by atoms with Gasteiger partial charge >= 0.3 is 5.97 Å². The molecular formula is C44H47N3O2. The first-order chi connectivity index (χ1) is 23.9. The van der Waals surface area contributed by atoms with Crippen LogP contribution in [0.1, 0.15) is 84.5 Å². The fourth-order valence-electron chi connectivity index (χ4n) is 8.31. The Bertz CT molecular complexity index is 2100. The van der Waals surface area contributed by atoms with E-state index in [0.717, 1.165) is 55.7 Å². The van der Waals surface area contributed by atoms with E-state index in [1.807, 2.05) is 18.2 Å². The molecule has 7 rings (SSSR count). The third kappa shape index (κ3) is 5.18. The van der Waals surface area contributed by atoms with Crippen LogP contribution in [0.15, 0.2) is 103 Å². The molecule has 3 heterocycles. The second-order valence-corrected chi connectivity index (χ2v) is 13.2. The number of rotatable bonds is 11. The van der Waals surface area contributed by atoms with E-state index in [2.05, 4.69) is 141 Å². The second-order valence-electron chi connectivity index (χ2n) is 13.2. The van der Waals surface area contributed by atoms with E-state index in [4.69, 9.17) is 4.74 Å². The van der Waals surface area contributed by atoms with Crippen LogP contribution in [0, 0.1) is 13.8 Å². The highest BCUT2D eigenvalue weighted by Crippen LogP contribution is 2.49. The lowest BCUT2D eigenvalue weighted by Gasteiger charge is -2.30. The zero-order valence-electron chi connectivity index (χ0n) is 29.7. The number of para-hydroxylation sites is 2. The molecule has 5 heteroatoms. The number of esters is 1. The van der Waals surface area contributed by atoms with Gasteiger partial charge in [-0.1, -0.05) is 80.6 Å². The van der Waals surface area contributed by atoms with Crippen LogP contribution in [-0.2, 0) is 23.4 Å². The number of aryl methyl sites for hydroxylation is 2. The molecular weight excluding hydrogens is 603 g/mol. The minimum atomic E-state index is -1.13. The Morgan fingerprint density at radius 1 is 0.694 bits per heavy atom. The van der Waals surface area contributed by atoms with Crippen molar-refractivity contribution in [1.29, 1.82) is 0 Å². The first kappa shape index (κ1) is 32.5. The molecule has 250 valence electrons. The third-order valence-electron chi connectivity index (χ3n) is 10.4. The summed E-state index contributed by atoms with van der Waals surface area (Å²) in [5, 5.41) is 2.39. The van der Waals surface area contributed by atoms with Crippen molar-refractivity contribution in [2.24, 2.45) is 0 Å². The van der Waals surface area contributed by atoms with E-state index in [-0.39, 0.29) is 5.97 Å². The highest BCUT2D eigenvalue weighted by Gasteiger charge is 2.46. The summed E-state index contributed by atoms with van der Waals surface area (Å²) in [7, 11) is 0. The Morgan fingerprint density at radius 2 is 1.20 bits per heavy atom. The molecule has 0 fully saturated rings. The molecule has 6 aromatic rings. The number of carbonyl (C=O) groups is 1. The minimum Gasteiger partial charge on any atom is -0.441 e. The van der Waals surface area contributed by atoms with Crippen molar-refractivity contribution in [3.05, 3.63) is 142 Å². The zero-order chi connectivity index (χ0) is 34.3. The number of benzene rings is 4. The number of ether oxygens (including phenoxy) is 1. The molecule has 5 nitrogen and oxygen atoms in total. The van der Waals surface area contributed by atoms with E-state index >= 15 is 0 Å². The first-order valence-electron chi connectivity index (χ1n) is 18.0. The molecule has 1 aliphatic heterocycles. The number of anilines is 1. The standard InChI is InChI=1S/C44H47N3O2/c1-7-27-45(28-8-2)33-25-23-32(24-26-33)44(38-20-14-11-17-34(38)43(48)49-44)29-37(41-30(5)46(9-3)39-21-15-12-18-35(39)41)42-31(6)47(10-4)40-22-16-13-19-36(40)42/h11-26,29H,7-10,27-28H2,1-6H3. The number of hydrogen-bond acceptors (Lipinski definition) is 3. The summed E-state index contributed by atoms with van der Waals surface area (Å²) in [6.45, 7) is 17.0. The smallest absolute Gasteiger partial charge is 0.340 e. The average molecular weight is 650 g/mol. The van der Waals surface area contributed by atoms with Crippen molar-refractivity contribution >= 4 is 39.0 Å². The lowest BCUT2D eigenvalue weighted by atomic mass is 9.81. The molecule has 1 unspecified atom stereocenters. The molecule has 0 bridgehead atoms. The number of cyclic esters (lactones) is 1. The molecule has 2 aromatic heterocycles. The van der Waals surface area contributed by atoms with E-state index in [0.29, 0.717) is 5.56 Å². The van der Waals surface area contributed by atoms with E-state index in [9.17, 15) is 4.79 Å². The molecule has 0 radical (unpaired) electrons. The van der Waals surface area contributed by atoms with E-state index in [1.165, 1.54) is 50.0 Å². The van der Waals surface area contributed by atoms with Crippen molar-refractivity contribution in [1.82, 2.24) is 9.13 Å². The van der Waals surface area contributed by atoms with Gasteiger partial charge < -0.3 is 18.8 Å². The Kier molecular flexibility index (Phi) is 8.70. The number of aromatic nitrogens is 2. The summed E-state index contributed by atoms with van der Waals surface area (Å²) in [5.74, 6) is -0.297. The number of nitrogens with zero attached hydrogens (tertiary/aromatic N) is 3. The molecule has 1 atom stereocenters. The van der Waals surface area contributed by atoms with Gasteiger partial charge in [-0.05, 0) is 82.5 Å². The zero-order valence-corrected chi connectivity index (χ0v) is 29.7. The molecule has 1 aliphatic rings. The maximum Gasteiger partial charge on any atom is 0.340 e. The fraction of sp³-hybridized carbons (Fsp3) is 0.295. The van der Waals surface area contributed by atoms with Crippen LogP contribution in [0.4, 0.5) is 5.69 Å². The molecule has 0 amide bonds. The van der Waals surface area contributed by atoms with Gasteiger partial charge in [-0.25, -0.2) is 4.79 Å². The summed E-state index contributed by atoms with van der Waals surface area (Å²) in [5.41, 5.74) is 10.7. The predicted molar refractivity (Wildman–Crippen MR) is 204 cm³/mol. The van der Waals surface area contributed by atoms with Crippen LogP contribution < -0.4 is 4.90 Å². The van der Waals surface area contributed by atoms with Crippen molar-refractivity contribution in [3.8, 4) is 0 Å². The van der Waals surface area contributed by atoms with Gasteiger partial charge in [-0.3, -0.25) is 0 Å². The number of carbonyl (C=O) groups excluding carboxylic acids is 1. The van der Waals surface area contributed by atoms with Crippen LogP contribution in [0.2, 0.25) is 0 Å². The Balaban J connectivity index is 1.59. The van der Waals surface area contributed by atoms with Crippen molar-refractivity contribution < 1.29 is 9.53 Å². The molecule has 49 heavy (non-hydrogen) atoms. The largest absolute Gasteiger partial charge is 0.441 e. The molecule has 0 saturated heterocycles. The van der Waals surface area contributed by atoms with Crippen LogP contribution in [0.5, 0.6) is 0 Å². The summed E-state index contributed by atoms with van der Waals surface area (Å²) in [6, 6.07) is 34.0. The van der Waals surface area contributed by atoms with Crippen molar-refractivity contribution in [2.75, 3.05) is 18.0 Å². The highest BCUT2D eigenvalue weighted by molar-refractivity contribution is 6.07. The quantitative estimate of drug-likeness (QED) is 0.131. The van der Waals surface area contributed by atoms with Gasteiger partial charge in [-0.2, -0.15) is 0 Å². The Labute approximate surface area is 290 Å². The lowest BCUT2D eigenvalue weighted by Crippen LogP contribution is -2.27.